The maximum Gasteiger partial charge on any atom is 0.271 e. The molecule has 4 aromatic rings. The van der Waals surface area contributed by atoms with E-state index in [1.165, 1.54) is 22.5 Å². The summed E-state index contributed by atoms with van der Waals surface area (Å²) in [6.45, 7) is 0. The maximum atomic E-state index is 13.7. The number of hydrogen-bond donors (Lipinski definition) is 1. The number of hydrogen-bond acceptors (Lipinski definition) is 5. The molecule has 2 aromatic heterocycles. The summed E-state index contributed by atoms with van der Waals surface area (Å²) in [6, 6.07) is 15.7. The largest absolute Gasteiger partial charge is 0.506 e. The van der Waals surface area contributed by atoms with Crippen LogP contribution in [0.2, 0.25) is 5.02 Å². The Morgan fingerprint density at radius 2 is 2.03 bits per heavy atom. The van der Waals surface area contributed by atoms with Crippen molar-refractivity contribution in [3.63, 3.8) is 0 Å². The number of phenols is 1. The van der Waals surface area contributed by atoms with Gasteiger partial charge in [0.2, 0.25) is 0 Å². The minimum atomic E-state index is -0.175. The fourth-order valence-corrected chi connectivity index (χ4v) is 7.23. The standard InChI is InChI=1S/C25H16BrClN2O2S2/c26-15-10-14(23(30)18(27)12-15)11-20-24(31)29-22(19-6-3-9-32-19)17-8-7-13-4-1-2-5-16(13)21(17)28-25(29)33-20/h1-6,9-12,22,30H,7-8H2/b20-11+. The van der Waals surface area contributed by atoms with Gasteiger partial charge in [0.15, 0.2) is 4.80 Å². The van der Waals surface area contributed by atoms with Crippen molar-refractivity contribution in [3.8, 4) is 5.75 Å². The maximum absolute atomic E-state index is 13.7. The monoisotopic (exact) mass is 554 g/mol. The van der Waals surface area contributed by atoms with Crippen molar-refractivity contribution < 1.29 is 5.11 Å². The number of allylic oxidation sites excluding steroid dienone is 1. The number of aryl methyl sites for hydroxylation is 1. The van der Waals surface area contributed by atoms with Gasteiger partial charge in [-0.1, -0.05) is 69.2 Å². The quantitative estimate of drug-likeness (QED) is 0.355. The number of rotatable bonds is 2. The van der Waals surface area contributed by atoms with Crippen LogP contribution >= 0.6 is 50.2 Å². The minimum absolute atomic E-state index is 0.0475. The van der Waals surface area contributed by atoms with E-state index in [1.807, 2.05) is 22.1 Å². The van der Waals surface area contributed by atoms with Crippen molar-refractivity contribution in [2.75, 3.05) is 0 Å². The summed E-state index contributed by atoms with van der Waals surface area (Å²) >= 11 is 12.5. The number of thiazole rings is 1. The van der Waals surface area contributed by atoms with Gasteiger partial charge in [0, 0.05) is 20.5 Å². The van der Waals surface area contributed by atoms with Gasteiger partial charge in [-0.25, -0.2) is 4.99 Å². The molecule has 33 heavy (non-hydrogen) atoms. The average Bonchev–Trinajstić information content (AvgIpc) is 3.44. The molecule has 1 unspecified atom stereocenters. The molecule has 2 aliphatic rings. The second-order valence-electron chi connectivity index (χ2n) is 7.95. The SMILES string of the molecule is O=c1/c(=C\c2cc(Br)cc(Cl)c2O)sc2n1C(c1cccs1)C1=C(N=2)c2ccccc2CC1. The lowest BCUT2D eigenvalue weighted by Crippen LogP contribution is -2.38. The van der Waals surface area contributed by atoms with Crippen LogP contribution in [0, 0.1) is 0 Å². The van der Waals surface area contributed by atoms with Crippen molar-refractivity contribution in [3.05, 3.63) is 110 Å². The topological polar surface area (TPSA) is 54.6 Å². The van der Waals surface area contributed by atoms with E-state index in [4.69, 9.17) is 16.6 Å². The Bertz CT molecular complexity index is 1630. The second kappa shape index (κ2) is 8.09. The summed E-state index contributed by atoms with van der Waals surface area (Å²) < 4.78 is 3.05. The Hall–Kier alpha value is -2.45. The molecule has 0 bridgehead atoms. The molecule has 8 heteroatoms. The fourth-order valence-electron chi connectivity index (χ4n) is 4.56. The smallest absolute Gasteiger partial charge is 0.271 e. The van der Waals surface area contributed by atoms with Crippen molar-refractivity contribution in [2.45, 2.75) is 18.9 Å². The van der Waals surface area contributed by atoms with Crippen LogP contribution in [-0.4, -0.2) is 9.67 Å². The molecule has 4 nitrogen and oxygen atoms in total. The molecule has 2 aromatic carbocycles. The fraction of sp³-hybridized carbons (Fsp3) is 0.120. The van der Waals surface area contributed by atoms with Crippen LogP contribution in [0.4, 0.5) is 0 Å². The van der Waals surface area contributed by atoms with E-state index in [0.29, 0.717) is 14.9 Å². The lowest BCUT2D eigenvalue weighted by Gasteiger charge is -2.30. The Kier molecular flexibility index (Phi) is 5.18. The number of aromatic nitrogens is 1. The van der Waals surface area contributed by atoms with Gasteiger partial charge in [-0.2, -0.15) is 0 Å². The highest BCUT2D eigenvalue weighted by molar-refractivity contribution is 9.10. The highest BCUT2D eigenvalue weighted by Gasteiger charge is 2.33. The van der Waals surface area contributed by atoms with Gasteiger partial charge in [-0.05, 0) is 53.6 Å². The van der Waals surface area contributed by atoms with Crippen molar-refractivity contribution in [2.24, 2.45) is 4.99 Å². The van der Waals surface area contributed by atoms with Gasteiger partial charge in [0.05, 0.1) is 21.3 Å². The van der Waals surface area contributed by atoms with Crippen LogP contribution in [0.15, 0.2) is 73.7 Å². The highest BCUT2D eigenvalue weighted by Crippen LogP contribution is 2.42. The first-order chi connectivity index (χ1) is 16.0. The zero-order valence-corrected chi connectivity index (χ0v) is 21.1. The van der Waals surface area contributed by atoms with E-state index < -0.39 is 0 Å². The molecule has 1 aliphatic heterocycles. The number of aromatic hydroxyl groups is 1. The first-order valence-electron chi connectivity index (χ1n) is 10.4. The number of phenolic OH excluding ortho intramolecular Hbond substituents is 1. The van der Waals surface area contributed by atoms with Gasteiger partial charge >= 0.3 is 0 Å². The number of halogens is 2. The summed E-state index contributed by atoms with van der Waals surface area (Å²) in [7, 11) is 0. The van der Waals surface area contributed by atoms with Crippen molar-refractivity contribution in [1.82, 2.24) is 4.57 Å². The summed E-state index contributed by atoms with van der Waals surface area (Å²) in [5.41, 5.74) is 4.98. The summed E-state index contributed by atoms with van der Waals surface area (Å²) in [4.78, 5) is 20.5. The second-order valence-corrected chi connectivity index (χ2v) is 11.3. The van der Waals surface area contributed by atoms with Crippen LogP contribution in [0.5, 0.6) is 5.75 Å². The normalized spacial score (nSPS) is 17.4. The van der Waals surface area contributed by atoms with Crippen LogP contribution in [0.3, 0.4) is 0 Å². The third kappa shape index (κ3) is 3.46. The van der Waals surface area contributed by atoms with Crippen LogP contribution < -0.4 is 14.9 Å². The molecule has 0 saturated carbocycles. The molecular weight excluding hydrogens is 540 g/mol. The van der Waals surface area contributed by atoms with E-state index >= 15 is 0 Å². The minimum Gasteiger partial charge on any atom is -0.506 e. The van der Waals surface area contributed by atoms with Gasteiger partial charge in [0.1, 0.15) is 5.75 Å². The molecule has 0 spiro atoms. The van der Waals surface area contributed by atoms with Crippen LogP contribution in [0.1, 0.15) is 34.0 Å². The molecular formula is C25H16BrClN2O2S2. The van der Waals surface area contributed by atoms with Crippen molar-refractivity contribution in [1.29, 1.82) is 0 Å². The molecule has 164 valence electrons. The van der Waals surface area contributed by atoms with E-state index in [9.17, 15) is 9.90 Å². The van der Waals surface area contributed by atoms with E-state index in [0.717, 1.165) is 33.5 Å². The average molecular weight is 556 g/mol. The van der Waals surface area contributed by atoms with Gasteiger partial charge in [0.25, 0.3) is 5.56 Å². The summed E-state index contributed by atoms with van der Waals surface area (Å²) in [5.74, 6) is -0.0475. The zero-order valence-electron chi connectivity index (χ0n) is 17.1. The zero-order chi connectivity index (χ0) is 22.7. The third-order valence-corrected chi connectivity index (χ3v) is 8.68. The Morgan fingerprint density at radius 3 is 2.85 bits per heavy atom. The molecule has 0 saturated heterocycles. The number of fused-ring (bicyclic) bond motifs is 3. The molecule has 1 N–H and O–H groups in total. The predicted molar refractivity (Wildman–Crippen MR) is 138 cm³/mol. The molecule has 0 amide bonds. The summed E-state index contributed by atoms with van der Waals surface area (Å²) in [6.07, 6.45) is 3.49. The highest BCUT2D eigenvalue weighted by atomic mass is 79.9. The molecule has 1 atom stereocenters. The molecule has 6 rings (SSSR count). The number of thiophene rings is 1. The first kappa shape index (κ1) is 21.1. The summed E-state index contributed by atoms with van der Waals surface area (Å²) in [5, 5.41) is 12.7. The molecule has 1 aliphatic carbocycles. The lowest BCUT2D eigenvalue weighted by molar-refractivity contribution is 0.474. The van der Waals surface area contributed by atoms with Crippen LogP contribution in [-0.2, 0) is 6.42 Å². The molecule has 0 radical (unpaired) electrons. The van der Waals surface area contributed by atoms with Gasteiger partial charge in [-0.15, -0.1) is 11.3 Å². The lowest BCUT2D eigenvalue weighted by atomic mass is 9.85. The van der Waals surface area contributed by atoms with Gasteiger partial charge in [-0.3, -0.25) is 9.36 Å². The Labute approximate surface area is 210 Å². The first-order valence-corrected chi connectivity index (χ1v) is 13.2. The predicted octanol–water partition coefficient (Wildman–Crippen LogP) is 5.50. The Balaban J connectivity index is 1.63. The molecule has 3 heterocycles. The number of benzene rings is 2. The third-order valence-electron chi connectivity index (χ3n) is 6.03. The van der Waals surface area contributed by atoms with Crippen LogP contribution in [0.25, 0.3) is 11.8 Å². The Morgan fingerprint density at radius 1 is 1.18 bits per heavy atom. The van der Waals surface area contributed by atoms with E-state index in [-0.39, 0.29) is 22.4 Å². The van der Waals surface area contributed by atoms with E-state index in [1.54, 1.807) is 29.5 Å². The van der Waals surface area contributed by atoms with E-state index in [2.05, 4.69) is 40.2 Å². The number of nitrogens with zero attached hydrogens (tertiary/aromatic N) is 2. The van der Waals surface area contributed by atoms with Gasteiger partial charge < -0.3 is 5.11 Å². The molecule has 0 fully saturated rings. The van der Waals surface area contributed by atoms with Crippen molar-refractivity contribution >= 4 is 62.0 Å².